The second-order valence-electron chi connectivity index (χ2n) is 5.46. The minimum Gasteiger partial charge on any atom is -0.326 e. The summed E-state index contributed by atoms with van der Waals surface area (Å²) in [5.41, 5.74) is 10.3. The Labute approximate surface area is 136 Å². The van der Waals surface area contributed by atoms with Crippen LogP contribution in [0.3, 0.4) is 0 Å². The molecule has 0 aliphatic rings. The SMILES string of the molecule is NCc1[c]c(C(=O)Cc2ccccc2)cc(-c2ccccc2)c1. The van der Waals surface area contributed by atoms with Gasteiger partial charge in [0.25, 0.3) is 0 Å². The van der Waals surface area contributed by atoms with Crippen LogP contribution in [0.15, 0.2) is 72.8 Å². The number of ketones is 1. The molecule has 0 amide bonds. The molecular formula is C21H18NO. The maximum Gasteiger partial charge on any atom is 0.167 e. The fraction of sp³-hybridized carbons (Fsp3) is 0.0952. The first-order chi connectivity index (χ1) is 11.3. The fourth-order valence-electron chi connectivity index (χ4n) is 2.56. The second kappa shape index (κ2) is 7.03. The Morgan fingerprint density at radius 1 is 0.870 bits per heavy atom. The molecule has 2 heteroatoms. The second-order valence-corrected chi connectivity index (χ2v) is 5.46. The lowest BCUT2D eigenvalue weighted by molar-refractivity contribution is 0.0992. The van der Waals surface area contributed by atoms with Crippen LogP contribution in [-0.2, 0) is 13.0 Å². The van der Waals surface area contributed by atoms with Crippen molar-refractivity contribution in [2.75, 3.05) is 0 Å². The average Bonchev–Trinajstić information content (AvgIpc) is 2.63. The van der Waals surface area contributed by atoms with Crippen LogP contribution in [0.1, 0.15) is 21.5 Å². The van der Waals surface area contributed by atoms with Gasteiger partial charge >= 0.3 is 0 Å². The zero-order valence-corrected chi connectivity index (χ0v) is 12.8. The van der Waals surface area contributed by atoms with Crippen molar-refractivity contribution in [3.8, 4) is 11.1 Å². The molecule has 0 fully saturated rings. The van der Waals surface area contributed by atoms with Gasteiger partial charge in [0.1, 0.15) is 0 Å². The van der Waals surface area contributed by atoms with E-state index < -0.39 is 0 Å². The summed E-state index contributed by atoms with van der Waals surface area (Å²) in [5.74, 6) is 0.0590. The number of benzene rings is 3. The third kappa shape index (κ3) is 3.74. The fourth-order valence-corrected chi connectivity index (χ4v) is 2.56. The van der Waals surface area contributed by atoms with Gasteiger partial charge in [-0.2, -0.15) is 0 Å². The number of carbonyl (C=O) groups excluding carboxylic acids is 1. The zero-order valence-electron chi connectivity index (χ0n) is 12.8. The largest absolute Gasteiger partial charge is 0.326 e. The molecule has 3 aromatic rings. The van der Waals surface area contributed by atoms with Gasteiger partial charge in [0.2, 0.25) is 0 Å². The summed E-state index contributed by atoms with van der Waals surface area (Å²) in [6, 6.07) is 26.8. The Balaban J connectivity index is 1.94. The van der Waals surface area contributed by atoms with E-state index in [9.17, 15) is 4.79 Å². The van der Waals surface area contributed by atoms with Gasteiger partial charge in [-0.05, 0) is 40.5 Å². The maximum absolute atomic E-state index is 12.6. The van der Waals surface area contributed by atoms with Crippen molar-refractivity contribution in [1.82, 2.24) is 0 Å². The molecule has 0 spiro atoms. The molecule has 1 radical (unpaired) electrons. The van der Waals surface area contributed by atoms with Crippen LogP contribution >= 0.6 is 0 Å². The van der Waals surface area contributed by atoms with E-state index in [2.05, 4.69) is 6.07 Å². The predicted octanol–water partition coefficient (Wildman–Crippen LogP) is 4.04. The molecule has 23 heavy (non-hydrogen) atoms. The normalized spacial score (nSPS) is 10.5. The van der Waals surface area contributed by atoms with Crippen LogP contribution in [0.25, 0.3) is 11.1 Å². The molecule has 0 saturated heterocycles. The van der Waals surface area contributed by atoms with Crippen LogP contribution in [0.2, 0.25) is 0 Å². The minimum atomic E-state index is 0.0590. The maximum atomic E-state index is 12.6. The van der Waals surface area contributed by atoms with Gasteiger partial charge in [-0.3, -0.25) is 4.79 Å². The number of rotatable bonds is 5. The van der Waals surface area contributed by atoms with Crippen molar-refractivity contribution in [2.45, 2.75) is 13.0 Å². The zero-order chi connectivity index (χ0) is 16.1. The molecular weight excluding hydrogens is 282 g/mol. The monoisotopic (exact) mass is 300 g/mol. The third-order valence-electron chi connectivity index (χ3n) is 3.76. The number of Topliss-reactive ketones (excluding diaryl/α,β-unsaturated/α-hetero) is 1. The van der Waals surface area contributed by atoms with Crippen LogP contribution in [0.5, 0.6) is 0 Å². The molecule has 0 saturated carbocycles. The quantitative estimate of drug-likeness (QED) is 0.723. The summed E-state index contributed by atoms with van der Waals surface area (Å²) >= 11 is 0. The number of hydrogen-bond acceptors (Lipinski definition) is 2. The molecule has 0 aliphatic carbocycles. The molecule has 3 aromatic carbocycles. The van der Waals surface area contributed by atoms with Gasteiger partial charge in [-0.1, -0.05) is 60.7 Å². The van der Waals surface area contributed by atoms with Crippen molar-refractivity contribution >= 4 is 5.78 Å². The molecule has 0 aliphatic heterocycles. The predicted molar refractivity (Wildman–Crippen MR) is 93.1 cm³/mol. The Bertz CT molecular complexity index is 795. The highest BCUT2D eigenvalue weighted by Gasteiger charge is 2.11. The summed E-state index contributed by atoms with van der Waals surface area (Å²) in [6.07, 6.45) is 0.375. The van der Waals surface area contributed by atoms with E-state index in [0.29, 0.717) is 18.5 Å². The average molecular weight is 300 g/mol. The van der Waals surface area contributed by atoms with Crippen molar-refractivity contribution in [2.24, 2.45) is 5.73 Å². The molecule has 3 rings (SSSR count). The highest BCUT2D eigenvalue weighted by Crippen LogP contribution is 2.23. The first kappa shape index (κ1) is 15.2. The first-order valence-electron chi connectivity index (χ1n) is 7.65. The van der Waals surface area contributed by atoms with E-state index >= 15 is 0 Å². The van der Waals surface area contributed by atoms with E-state index in [1.165, 1.54) is 0 Å². The van der Waals surface area contributed by atoms with Gasteiger partial charge in [-0.15, -0.1) is 0 Å². The van der Waals surface area contributed by atoms with Crippen molar-refractivity contribution in [1.29, 1.82) is 0 Å². The summed E-state index contributed by atoms with van der Waals surface area (Å²) in [7, 11) is 0. The highest BCUT2D eigenvalue weighted by atomic mass is 16.1. The topological polar surface area (TPSA) is 43.1 Å². The highest BCUT2D eigenvalue weighted by molar-refractivity contribution is 5.98. The number of hydrogen-bond donors (Lipinski definition) is 1. The van der Waals surface area contributed by atoms with Crippen molar-refractivity contribution in [3.05, 3.63) is 95.6 Å². The Kier molecular flexibility index (Phi) is 4.65. The Hall–Kier alpha value is -2.71. The standard InChI is InChI=1S/C21H18NO/c22-15-17-11-19(18-9-5-2-6-10-18)14-20(12-17)21(23)13-16-7-3-1-4-8-16/h1-11,14H,13,15,22H2. The van der Waals surface area contributed by atoms with Gasteiger partial charge in [0, 0.05) is 18.5 Å². The molecule has 0 aromatic heterocycles. The molecule has 0 heterocycles. The van der Waals surface area contributed by atoms with E-state index in [1.54, 1.807) is 0 Å². The third-order valence-corrected chi connectivity index (χ3v) is 3.76. The molecule has 2 nitrogen and oxygen atoms in total. The lowest BCUT2D eigenvalue weighted by Crippen LogP contribution is -2.06. The molecule has 0 unspecified atom stereocenters. The summed E-state index contributed by atoms with van der Waals surface area (Å²) in [5, 5.41) is 0. The van der Waals surface area contributed by atoms with Gasteiger partial charge < -0.3 is 5.73 Å². The lowest BCUT2D eigenvalue weighted by atomic mass is 9.95. The van der Waals surface area contributed by atoms with Gasteiger partial charge in [0.15, 0.2) is 5.78 Å². The van der Waals surface area contributed by atoms with Crippen molar-refractivity contribution < 1.29 is 4.79 Å². The van der Waals surface area contributed by atoms with E-state index in [4.69, 9.17) is 5.73 Å². The Morgan fingerprint density at radius 2 is 1.52 bits per heavy atom. The molecule has 0 atom stereocenters. The summed E-state index contributed by atoms with van der Waals surface area (Å²) in [4.78, 5) is 12.6. The van der Waals surface area contributed by atoms with Crippen LogP contribution in [-0.4, -0.2) is 5.78 Å². The van der Waals surface area contributed by atoms with Crippen LogP contribution in [0.4, 0.5) is 0 Å². The van der Waals surface area contributed by atoms with Crippen LogP contribution < -0.4 is 5.73 Å². The van der Waals surface area contributed by atoms with Crippen LogP contribution in [0, 0.1) is 6.07 Å². The molecule has 113 valence electrons. The van der Waals surface area contributed by atoms with Gasteiger partial charge in [-0.25, -0.2) is 0 Å². The van der Waals surface area contributed by atoms with Gasteiger partial charge in [0.05, 0.1) is 0 Å². The smallest absolute Gasteiger partial charge is 0.167 e. The summed E-state index contributed by atoms with van der Waals surface area (Å²) in [6.45, 7) is 0.367. The minimum absolute atomic E-state index is 0.0590. The van der Waals surface area contributed by atoms with E-state index in [1.807, 2.05) is 72.8 Å². The molecule has 2 N–H and O–H groups in total. The number of carbonyl (C=O) groups is 1. The van der Waals surface area contributed by atoms with Crippen molar-refractivity contribution in [3.63, 3.8) is 0 Å². The lowest BCUT2D eigenvalue weighted by Gasteiger charge is -2.08. The molecule has 0 bridgehead atoms. The summed E-state index contributed by atoms with van der Waals surface area (Å²) < 4.78 is 0. The Morgan fingerprint density at radius 3 is 2.17 bits per heavy atom. The first-order valence-corrected chi connectivity index (χ1v) is 7.65. The van der Waals surface area contributed by atoms with E-state index in [0.717, 1.165) is 22.3 Å². The number of nitrogens with two attached hydrogens (primary N) is 1. The van der Waals surface area contributed by atoms with E-state index in [-0.39, 0.29) is 5.78 Å².